The lowest BCUT2D eigenvalue weighted by atomic mass is 10.0. The topological polar surface area (TPSA) is 9.23 Å². The summed E-state index contributed by atoms with van der Waals surface area (Å²) in [7, 11) is -1.44. The molecule has 110 valence electrons. The van der Waals surface area contributed by atoms with Crippen LogP contribution in [-0.4, -0.2) is 19.2 Å². The van der Waals surface area contributed by atoms with Crippen LogP contribution in [0.15, 0.2) is 0 Å². The molecule has 0 rings (SSSR count). The third-order valence-corrected chi connectivity index (χ3v) is 9.50. The zero-order valence-corrected chi connectivity index (χ0v) is 15.7. The second-order valence-corrected chi connectivity index (χ2v) is 11.4. The molecule has 0 radical (unpaired) electrons. The van der Waals surface area contributed by atoms with Gasteiger partial charge in [-0.25, -0.2) is 0 Å². The van der Waals surface area contributed by atoms with Gasteiger partial charge < -0.3 is 4.43 Å². The van der Waals surface area contributed by atoms with Crippen molar-refractivity contribution in [2.75, 3.05) is 5.33 Å². The second kappa shape index (κ2) is 9.54. The van der Waals surface area contributed by atoms with E-state index in [9.17, 15) is 0 Å². The molecule has 0 unspecified atom stereocenters. The Kier molecular flexibility index (Phi) is 9.89. The van der Waals surface area contributed by atoms with Gasteiger partial charge in [-0.3, -0.25) is 0 Å². The van der Waals surface area contributed by atoms with Crippen LogP contribution >= 0.6 is 15.9 Å². The maximum atomic E-state index is 6.61. The number of unbranched alkanes of at least 4 members (excludes halogenated alkanes) is 3. The van der Waals surface area contributed by atoms with Crippen LogP contribution in [0.25, 0.3) is 0 Å². The van der Waals surface area contributed by atoms with Crippen molar-refractivity contribution >= 4 is 24.2 Å². The smallest absolute Gasteiger partial charge is 0.192 e. The highest BCUT2D eigenvalue weighted by Crippen LogP contribution is 2.30. The molecule has 0 fully saturated rings. The van der Waals surface area contributed by atoms with Crippen LogP contribution in [0.4, 0.5) is 0 Å². The summed E-state index contributed by atoms with van der Waals surface area (Å²) in [4.78, 5) is 0. The third kappa shape index (κ3) is 7.30. The minimum Gasteiger partial charge on any atom is -0.412 e. The zero-order chi connectivity index (χ0) is 14.1. The summed E-state index contributed by atoms with van der Waals surface area (Å²) < 4.78 is 6.61. The molecule has 0 bridgehead atoms. The predicted octanol–water partition coefficient (Wildman–Crippen LogP) is 6.13. The van der Waals surface area contributed by atoms with Gasteiger partial charge in [0.15, 0.2) is 8.32 Å². The van der Waals surface area contributed by atoms with Crippen molar-refractivity contribution in [1.29, 1.82) is 0 Å². The minimum atomic E-state index is -1.44. The molecular weight excluding hydrogens is 304 g/mol. The molecule has 0 aromatic carbocycles. The van der Waals surface area contributed by atoms with Crippen LogP contribution in [0.1, 0.15) is 66.7 Å². The highest BCUT2D eigenvalue weighted by Gasteiger charge is 2.34. The molecule has 0 spiro atoms. The van der Waals surface area contributed by atoms with E-state index >= 15 is 0 Å². The van der Waals surface area contributed by atoms with Gasteiger partial charge in [0.25, 0.3) is 0 Å². The predicted molar refractivity (Wildman–Crippen MR) is 89.2 cm³/mol. The standard InChI is InChI=1S/C15H33BrOSi/c1-6-18(7-2,8-3)17-15(4,5)13-11-9-10-12-14-16/h6-14H2,1-5H3. The summed E-state index contributed by atoms with van der Waals surface area (Å²) in [5.41, 5.74) is 0.0860. The Bertz CT molecular complexity index is 194. The number of alkyl halides is 1. The Morgan fingerprint density at radius 2 is 1.39 bits per heavy atom. The largest absolute Gasteiger partial charge is 0.412 e. The monoisotopic (exact) mass is 336 g/mol. The first-order chi connectivity index (χ1) is 8.45. The summed E-state index contributed by atoms with van der Waals surface area (Å²) in [6, 6.07) is 3.77. The van der Waals surface area contributed by atoms with Crippen molar-refractivity contribution in [2.24, 2.45) is 0 Å². The van der Waals surface area contributed by atoms with Crippen molar-refractivity contribution in [3.05, 3.63) is 0 Å². The van der Waals surface area contributed by atoms with Crippen molar-refractivity contribution in [3.63, 3.8) is 0 Å². The maximum Gasteiger partial charge on any atom is 0.192 e. The summed E-state index contributed by atoms with van der Waals surface area (Å²) in [6.07, 6.45) is 6.51. The molecule has 0 N–H and O–H groups in total. The molecule has 0 aliphatic heterocycles. The minimum absolute atomic E-state index is 0.0860. The molecule has 0 aliphatic rings. The van der Waals surface area contributed by atoms with E-state index in [0.29, 0.717) is 0 Å². The Labute approximate surface area is 124 Å². The van der Waals surface area contributed by atoms with Gasteiger partial charge in [-0.2, -0.15) is 0 Å². The SMILES string of the molecule is CC[Si](CC)(CC)OC(C)(C)CCCCCCBr. The van der Waals surface area contributed by atoms with Crippen LogP contribution in [0.3, 0.4) is 0 Å². The van der Waals surface area contributed by atoms with Crippen LogP contribution in [0.5, 0.6) is 0 Å². The molecule has 0 saturated carbocycles. The molecule has 0 amide bonds. The van der Waals surface area contributed by atoms with Crippen molar-refractivity contribution in [2.45, 2.75) is 90.5 Å². The molecule has 18 heavy (non-hydrogen) atoms. The lowest BCUT2D eigenvalue weighted by Gasteiger charge is -2.38. The number of rotatable bonds is 11. The Balaban J connectivity index is 4.11. The first kappa shape index (κ1) is 18.7. The summed E-state index contributed by atoms with van der Waals surface area (Å²) in [5.74, 6) is 0. The normalized spacial score (nSPS) is 13.0. The van der Waals surface area contributed by atoms with E-state index in [0.717, 1.165) is 5.33 Å². The van der Waals surface area contributed by atoms with Gasteiger partial charge in [0, 0.05) is 5.33 Å². The first-order valence-corrected chi connectivity index (χ1v) is 11.4. The quantitative estimate of drug-likeness (QED) is 0.250. The zero-order valence-electron chi connectivity index (χ0n) is 13.2. The van der Waals surface area contributed by atoms with E-state index in [2.05, 4.69) is 50.5 Å². The van der Waals surface area contributed by atoms with Gasteiger partial charge in [0.05, 0.1) is 5.60 Å². The van der Waals surface area contributed by atoms with Crippen LogP contribution in [-0.2, 0) is 4.43 Å². The molecule has 0 saturated heterocycles. The summed E-state index contributed by atoms with van der Waals surface area (Å²) >= 11 is 3.49. The van der Waals surface area contributed by atoms with E-state index in [1.807, 2.05) is 0 Å². The molecule has 0 aliphatic carbocycles. The fourth-order valence-corrected chi connectivity index (χ4v) is 6.21. The Morgan fingerprint density at radius 3 is 1.83 bits per heavy atom. The van der Waals surface area contributed by atoms with Gasteiger partial charge in [0.1, 0.15) is 0 Å². The van der Waals surface area contributed by atoms with Crippen LogP contribution < -0.4 is 0 Å². The summed E-state index contributed by atoms with van der Waals surface area (Å²) in [6.45, 7) is 11.5. The van der Waals surface area contributed by atoms with Gasteiger partial charge in [-0.15, -0.1) is 0 Å². The molecular formula is C15H33BrOSi. The van der Waals surface area contributed by atoms with Gasteiger partial charge >= 0.3 is 0 Å². The fraction of sp³-hybridized carbons (Fsp3) is 1.00. The van der Waals surface area contributed by atoms with Gasteiger partial charge in [-0.05, 0) is 44.8 Å². The number of hydrogen-bond donors (Lipinski definition) is 0. The highest BCUT2D eigenvalue weighted by molar-refractivity contribution is 9.09. The van der Waals surface area contributed by atoms with E-state index < -0.39 is 8.32 Å². The molecule has 3 heteroatoms. The highest BCUT2D eigenvalue weighted by atomic mass is 79.9. The summed E-state index contributed by atoms with van der Waals surface area (Å²) in [5, 5.41) is 1.14. The Morgan fingerprint density at radius 1 is 0.889 bits per heavy atom. The number of halogens is 1. The van der Waals surface area contributed by atoms with Gasteiger partial charge in [0.2, 0.25) is 0 Å². The average molecular weight is 337 g/mol. The Hall–Kier alpha value is 0.657. The van der Waals surface area contributed by atoms with Crippen LogP contribution in [0, 0.1) is 0 Å². The van der Waals surface area contributed by atoms with Crippen molar-refractivity contribution in [3.8, 4) is 0 Å². The first-order valence-electron chi connectivity index (χ1n) is 7.71. The lowest BCUT2D eigenvalue weighted by molar-refractivity contribution is 0.0827. The molecule has 0 aromatic heterocycles. The second-order valence-electron chi connectivity index (χ2n) is 5.96. The molecule has 0 atom stereocenters. The van der Waals surface area contributed by atoms with E-state index in [1.54, 1.807) is 0 Å². The van der Waals surface area contributed by atoms with E-state index in [-0.39, 0.29) is 5.60 Å². The molecule has 1 nitrogen and oxygen atoms in total. The average Bonchev–Trinajstić information content (AvgIpc) is 2.36. The molecule has 0 aromatic rings. The third-order valence-electron chi connectivity index (χ3n) is 4.09. The molecule has 0 heterocycles. The van der Waals surface area contributed by atoms with Crippen LogP contribution in [0.2, 0.25) is 18.1 Å². The lowest BCUT2D eigenvalue weighted by Crippen LogP contribution is -2.44. The maximum absolute atomic E-state index is 6.61. The van der Waals surface area contributed by atoms with Crippen molar-refractivity contribution in [1.82, 2.24) is 0 Å². The van der Waals surface area contributed by atoms with Gasteiger partial charge in [-0.1, -0.05) is 56.0 Å². The fourth-order valence-electron chi connectivity index (χ4n) is 2.60. The van der Waals surface area contributed by atoms with Crippen molar-refractivity contribution < 1.29 is 4.43 Å². The van der Waals surface area contributed by atoms with E-state index in [1.165, 1.54) is 50.2 Å². The van der Waals surface area contributed by atoms with E-state index in [4.69, 9.17) is 4.43 Å². The number of hydrogen-bond acceptors (Lipinski definition) is 1.